The maximum atomic E-state index is 12.0. The summed E-state index contributed by atoms with van der Waals surface area (Å²) < 4.78 is 16.0. The third kappa shape index (κ3) is 4.60. The van der Waals surface area contributed by atoms with E-state index in [1.165, 1.54) is 6.07 Å². The van der Waals surface area contributed by atoms with Gasteiger partial charge in [-0.05, 0) is 43.0 Å². The Balaban J connectivity index is 1.52. The van der Waals surface area contributed by atoms with E-state index in [1.54, 1.807) is 24.3 Å². The summed E-state index contributed by atoms with van der Waals surface area (Å²) in [6, 6.07) is 8.18. The van der Waals surface area contributed by atoms with Gasteiger partial charge in [-0.3, -0.25) is 4.79 Å². The highest BCUT2D eigenvalue weighted by molar-refractivity contribution is 6.03. The second kappa shape index (κ2) is 7.85. The molecule has 0 unspecified atom stereocenters. The van der Waals surface area contributed by atoms with Gasteiger partial charge < -0.3 is 24.3 Å². The van der Waals surface area contributed by atoms with Gasteiger partial charge in [-0.15, -0.1) is 0 Å². The molecule has 0 aliphatic carbocycles. The molecule has 3 rings (SSSR count). The Kier molecular flexibility index (Phi) is 5.35. The summed E-state index contributed by atoms with van der Waals surface area (Å²) >= 11 is 0. The topological polar surface area (TPSA) is 98.0 Å². The highest BCUT2D eigenvalue weighted by Gasteiger charge is 2.16. The maximum Gasteiger partial charge on any atom is 0.338 e. The zero-order chi connectivity index (χ0) is 17.6. The number of benzene rings is 1. The first-order chi connectivity index (χ1) is 12.1. The summed E-state index contributed by atoms with van der Waals surface area (Å²) in [7, 11) is 0. The molecule has 0 bridgehead atoms. The normalized spacial score (nSPS) is 14.9. The molecule has 1 aromatic carbocycles. The van der Waals surface area contributed by atoms with Crippen molar-refractivity contribution in [3.63, 3.8) is 0 Å². The van der Waals surface area contributed by atoms with Crippen LogP contribution in [0.2, 0.25) is 0 Å². The van der Waals surface area contributed by atoms with E-state index in [2.05, 4.69) is 5.32 Å². The van der Waals surface area contributed by atoms with Crippen LogP contribution in [0.3, 0.4) is 0 Å². The third-order valence-corrected chi connectivity index (χ3v) is 4.01. The van der Waals surface area contributed by atoms with Crippen LogP contribution in [-0.4, -0.2) is 36.8 Å². The predicted octanol–water partition coefficient (Wildman–Crippen LogP) is 3.04. The first-order valence-corrected chi connectivity index (χ1v) is 8.05. The number of aromatic carboxylic acids is 1. The molecule has 7 nitrogen and oxygen atoms in total. The number of hydrogen-bond donors (Lipinski definition) is 2. The summed E-state index contributed by atoms with van der Waals surface area (Å²) in [6.07, 6.45) is 3.05. The van der Waals surface area contributed by atoms with E-state index in [1.807, 2.05) is 0 Å². The molecule has 0 spiro atoms. The average molecular weight is 345 g/mol. The standard InChI is InChI=1S/C18H19NO6/c20-17(16-9-13(11-25-16)18(21)22)19-14-1-3-15(4-2-14)24-10-12-5-7-23-8-6-12/h1-4,9,11-12H,5-8,10H2,(H,19,20)(H,21,22). The van der Waals surface area contributed by atoms with E-state index in [0.717, 1.165) is 38.1 Å². The van der Waals surface area contributed by atoms with Crippen molar-refractivity contribution >= 4 is 17.6 Å². The van der Waals surface area contributed by atoms with E-state index >= 15 is 0 Å². The fraction of sp³-hybridized carbons (Fsp3) is 0.333. The van der Waals surface area contributed by atoms with Gasteiger partial charge in [-0.1, -0.05) is 0 Å². The van der Waals surface area contributed by atoms with E-state index in [0.29, 0.717) is 18.2 Å². The number of anilines is 1. The van der Waals surface area contributed by atoms with Crippen LogP contribution in [0.4, 0.5) is 5.69 Å². The van der Waals surface area contributed by atoms with Crippen molar-refractivity contribution in [2.75, 3.05) is 25.1 Å². The Morgan fingerprint density at radius 3 is 2.56 bits per heavy atom. The molecule has 0 saturated carbocycles. The van der Waals surface area contributed by atoms with Gasteiger partial charge in [0.2, 0.25) is 0 Å². The monoisotopic (exact) mass is 345 g/mol. The van der Waals surface area contributed by atoms with Crippen molar-refractivity contribution < 1.29 is 28.6 Å². The number of carboxylic acid groups (broad SMARTS) is 1. The molecule has 1 aromatic heterocycles. The molecule has 2 aromatic rings. The van der Waals surface area contributed by atoms with Gasteiger partial charge in [-0.2, -0.15) is 0 Å². The molecule has 132 valence electrons. The lowest BCUT2D eigenvalue weighted by Crippen LogP contribution is -2.21. The quantitative estimate of drug-likeness (QED) is 0.835. The predicted molar refractivity (Wildman–Crippen MR) is 89.1 cm³/mol. The minimum atomic E-state index is -1.14. The number of furan rings is 1. The summed E-state index contributed by atoms with van der Waals surface area (Å²) in [5.74, 6) is -0.472. The van der Waals surface area contributed by atoms with Crippen LogP contribution >= 0.6 is 0 Å². The number of ether oxygens (including phenoxy) is 2. The van der Waals surface area contributed by atoms with Gasteiger partial charge in [-0.25, -0.2) is 4.79 Å². The van der Waals surface area contributed by atoms with Crippen LogP contribution < -0.4 is 10.1 Å². The molecule has 7 heteroatoms. The molecule has 1 fully saturated rings. The van der Waals surface area contributed by atoms with Crippen molar-refractivity contribution in [3.8, 4) is 5.75 Å². The van der Waals surface area contributed by atoms with E-state index in [9.17, 15) is 9.59 Å². The molecule has 0 radical (unpaired) electrons. The molecule has 1 aliphatic heterocycles. The smallest absolute Gasteiger partial charge is 0.338 e. The van der Waals surface area contributed by atoms with Gasteiger partial charge in [0, 0.05) is 25.0 Å². The van der Waals surface area contributed by atoms with Crippen LogP contribution in [0.1, 0.15) is 33.8 Å². The fourth-order valence-corrected chi connectivity index (χ4v) is 2.52. The first-order valence-electron chi connectivity index (χ1n) is 8.05. The Labute approximate surface area is 144 Å². The average Bonchev–Trinajstić information content (AvgIpc) is 3.13. The highest BCUT2D eigenvalue weighted by atomic mass is 16.5. The maximum absolute atomic E-state index is 12.0. The van der Waals surface area contributed by atoms with Crippen molar-refractivity contribution in [3.05, 3.63) is 47.9 Å². The highest BCUT2D eigenvalue weighted by Crippen LogP contribution is 2.20. The summed E-state index contributed by atoms with van der Waals surface area (Å²) in [5, 5.41) is 11.5. The molecular formula is C18H19NO6. The number of carbonyl (C=O) groups is 2. The summed E-state index contributed by atoms with van der Waals surface area (Å²) in [4.78, 5) is 22.8. The fourth-order valence-electron chi connectivity index (χ4n) is 2.52. The summed E-state index contributed by atoms with van der Waals surface area (Å²) in [6.45, 7) is 2.23. The molecule has 2 N–H and O–H groups in total. The van der Waals surface area contributed by atoms with Gasteiger partial charge in [0.1, 0.15) is 12.0 Å². The molecule has 0 atom stereocenters. The van der Waals surface area contributed by atoms with Crippen LogP contribution in [0, 0.1) is 5.92 Å². The minimum Gasteiger partial charge on any atom is -0.493 e. The molecule has 1 saturated heterocycles. The number of amides is 1. The first kappa shape index (κ1) is 17.0. The van der Waals surface area contributed by atoms with E-state index < -0.39 is 11.9 Å². The molecular weight excluding hydrogens is 326 g/mol. The Morgan fingerprint density at radius 1 is 1.20 bits per heavy atom. The van der Waals surface area contributed by atoms with Crippen molar-refractivity contribution in [2.45, 2.75) is 12.8 Å². The molecule has 25 heavy (non-hydrogen) atoms. The molecule has 1 amide bonds. The molecule has 1 aliphatic rings. The molecule has 2 heterocycles. The number of carboxylic acids is 1. The van der Waals surface area contributed by atoms with Gasteiger partial charge in [0.25, 0.3) is 5.91 Å². The van der Waals surface area contributed by atoms with Crippen molar-refractivity contribution in [1.29, 1.82) is 0 Å². The van der Waals surface area contributed by atoms with Gasteiger partial charge in [0.05, 0.1) is 12.2 Å². The van der Waals surface area contributed by atoms with Crippen LogP contribution in [-0.2, 0) is 4.74 Å². The lowest BCUT2D eigenvalue weighted by atomic mass is 10.0. The zero-order valence-electron chi connectivity index (χ0n) is 13.6. The van der Waals surface area contributed by atoms with Crippen molar-refractivity contribution in [2.24, 2.45) is 5.92 Å². The minimum absolute atomic E-state index is 0.0581. The largest absolute Gasteiger partial charge is 0.493 e. The third-order valence-electron chi connectivity index (χ3n) is 4.01. The second-order valence-corrected chi connectivity index (χ2v) is 5.85. The van der Waals surface area contributed by atoms with Crippen molar-refractivity contribution in [1.82, 2.24) is 0 Å². The Hall–Kier alpha value is -2.80. The van der Waals surface area contributed by atoms with Gasteiger partial charge in [0.15, 0.2) is 5.76 Å². The van der Waals surface area contributed by atoms with Crippen LogP contribution in [0.25, 0.3) is 0 Å². The van der Waals surface area contributed by atoms with Crippen LogP contribution in [0.15, 0.2) is 41.0 Å². The van der Waals surface area contributed by atoms with E-state index in [-0.39, 0.29) is 11.3 Å². The summed E-state index contributed by atoms with van der Waals surface area (Å²) in [5.41, 5.74) is 0.499. The van der Waals surface area contributed by atoms with Gasteiger partial charge >= 0.3 is 5.97 Å². The Morgan fingerprint density at radius 2 is 1.92 bits per heavy atom. The Bertz CT molecular complexity index is 730. The van der Waals surface area contributed by atoms with Crippen LogP contribution in [0.5, 0.6) is 5.75 Å². The zero-order valence-corrected chi connectivity index (χ0v) is 13.6. The van der Waals surface area contributed by atoms with E-state index in [4.69, 9.17) is 19.0 Å². The SMILES string of the molecule is O=C(O)c1coc(C(=O)Nc2ccc(OCC3CCOCC3)cc2)c1. The lowest BCUT2D eigenvalue weighted by molar-refractivity contribution is 0.0497. The number of carbonyl (C=O) groups excluding carboxylic acids is 1. The second-order valence-electron chi connectivity index (χ2n) is 5.85. The number of nitrogens with one attached hydrogen (secondary N) is 1. The number of hydrogen-bond acceptors (Lipinski definition) is 5. The number of rotatable bonds is 6. The lowest BCUT2D eigenvalue weighted by Gasteiger charge is -2.22.